The number of fused-ring (bicyclic) bond motifs is 1. The zero-order valence-electron chi connectivity index (χ0n) is 19.0. The van der Waals surface area contributed by atoms with E-state index in [0.29, 0.717) is 5.56 Å². The van der Waals surface area contributed by atoms with Crippen molar-refractivity contribution < 1.29 is 64.3 Å². The van der Waals surface area contributed by atoms with Crippen molar-refractivity contribution >= 4 is 18.0 Å². The van der Waals surface area contributed by atoms with Gasteiger partial charge in [0.15, 0.2) is 5.76 Å². The van der Waals surface area contributed by atoms with E-state index < -0.39 is 61.8 Å². The first-order valence-electron chi connectivity index (χ1n) is 11.0. The first kappa shape index (κ1) is 26.0. The van der Waals surface area contributed by atoms with Crippen LogP contribution in [0.1, 0.15) is 23.7 Å². The fourth-order valence-electron chi connectivity index (χ4n) is 3.92. The Bertz CT molecular complexity index is 1190. The summed E-state index contributed by atoms with van der Waals surface area (Å²) >= 11 is 0. The quantitative estimate of drug-likeness (QED) is 0.145. The van der Waals surface area contributed by atoms with Gasteiger partial charge in [0.25, 0.3) is 11.9 Å². The summed E-state index contributed by atoms with van der Waals surface area (Å²) in [7, 11) is 0. The van der Waals surface area contributed by atoms with Gasteiger partial charge < -0.3 is 54.7 Å². The first-order valence-corrected chi connectivity index (χ1v) is 11.0. The van der Waals surface area contributed by atoms with E-state index in [4.69, 9.17) is 19.3 Å². The molecule has 2 aliphatic rings. The first-order chi connectivity index (χ1) is 17.5. The van der Waals surface area contributed by atoms with Gasteiger partial charge in [0.2, 0.25) is 6.29 Å². The monoisotopic (exact) mass is 521 g/mol. The van der Waals surface area contributed by atoms with Crippen LogP contribution in [0.25, 0.3) is 6.08 Å². The third-order valence-electron chi connectivity index (χ3n) is 5.78. The lowest BCUT2D eigenvalue weighted by atomic mass is 9.98. The predicted octanol–water partition coefficient (Wildman–Crippen LogP) is -0.0174. The molecule has 0 saturated carbocycles. The molecule has 13 heteroatoms. The van der Waals surface area contributed by atoms with E-state index in [9.17, 15) is 40.2 Å². The molecule has 1 fully saturated rings. The van der Waals surface area contributed by atoms with Crippen LogP contribution >= 0.6 is 0 Å². The van der Waals surface area contributed by atoms with Crippen molar-refractivity contribution in [2.45, 2.75) is 43.2 Å². The molecule has 0 aliphatic carbocycles. The minimum Gasteiger partial charge on any atom is -0.571 e. The van der Waals surface area contributed by atoms with E-state index in [1.165, 1.54) is 24.3 Å². The zero-order valence-corrected chi connectivity index (χ0v) is 19.0. The highest BCUT2D eigenvalue weighted by molar-refractivity contribution is 5.90. The highest BCUT2D eigenvalue weighted by Crippen LogP contribution is 2.45. The maximum atomic E-state index is 11.6. The highest BCUT2D eigenvalue weighted by Gasteiger charge is 2.47. The fourth-order valence-corrected chi connectivity index (χ4v) is 3.92. The van der Waals surface area contributed by atoms with Crippen LogP contribution in [0.4, 0.5) is 0 Å². The lowest BCUT2D eigenvalue weighted by Gasteiger charge is -2.40. The molecule has 2 aromatic carbocycles. The molecule has 0 spiro atoms. The van der Waals surface area contributed by atoms with Crippen LogP contribution in [-0.2, 0) is 23.8 Å². The number of carbonyl (C=O) groups excluding carboxylic acids is 1. The Morgan fingerprint density at radius 2 is 1.65 bits per heavy atom. The van der Waals surface area contributed by atoms with E-state index in [1.54, 1.807) is 12.1 Å². The molecule has 13 nitrogen and oxygen atoms in total. The van der Waals surface area contributed by atoms with Gasteiger partial charge in [-0.05, 0) is 24.3 Å². The van der Waals surface area contributed by atoms with Crippen LogP contribution in [0, 0.1) is 0 Å². The van der Waals surface area contributed by atoms with Gasteiger partial charge in [0.1, 0.15) is 60.3 Å². The zero-order chi connectivity index (χ0) is 26.9. The summed E-state index contributed by atoms with van der Waals surface area (Å²) in [4.78, 5) is 22.2. The summed E-state index contributed by atoms with van der Waals surface area (Å²) in [6, 6.07) is 8.34. The molecule has 37 heavy (non-hydrogen) atoms. The summed E-state index contributed by atoms with van der Waals surface area (Å²) in [5.41, 5.74) is 0.704. The summed E-state index contributed by atoms with van der Waals surface area (Å²) < 4.78 is 20.7. The Labute approximate surface area is 209 Å². The molecule has 0 aromatic heterocycles. The van der Waals surface area contributed by atoms with Crippen molar-refractivity contribution in [1.82, 2.24) is 0 Å². The number of aliphatic hydroxyl groups is 4. The number of esters is 1. The van der Waals surface area contributed by atoms with Crippen LogP contribution in [0.5, 0.6) is 23.0 Å². The number of aliphatic hydroxyl groups excluding tert-OH is 3. The van der Waals surface area contributed by atoms with Gasteiger partial charge in [-0.15, -0.1) is 0 Å². The van der Waals surface area contributed by atoms with Crippen molar-refractivity contribution in [3.63, 3.8) is 0 Å². The number of aromatic hydroxyl groups is 4. The number of carboxylic acid groups (broad SMARTS) is 1. The molecule has 0 radical (unpaired) electrons. The Hall–Kier alpha value is -4.04. The van der Waals surface area contributed by atoms with Gasteiger partial charge in [-0.1, -0.05) is 0 Å². The molecule has 2 aliphatic heterocycles. The molecule has 198 valence electrons. The Kier molecular flexibility index (Phi) is 7.40. The fraction of sp³-hybridized carbons (Fsp3) is 0.333. The van der Waals surface area contributed by atoms with Crippen molar-refractivity contribution in [2.24, 2.45) is 0 Å². The number of rotatable bonds is 7. The van der Waals surface area contributed by atoms with Gasteiger partial charge in [-0.2, -0.15) is 0 Å². The number of carboxylic acids is 1. The van der Waals surface area contributed by atoms with Crippen LogP contribution in [0.15, 0.2) is 42.2 Å². The molecule has 8 N–H and O–H groups in total. The van der Waals surface area contributed by atoms with Gasteiger partial charge in [0.05, 0.1) is 11.6 Å². The molecule has 1 unspecified atom stereocenters. The van der Waals surface area contributed by atoms with E-state index in [2.05, 4.69) is 4.74 Å². The number of aliphatic carboxylic acids is 1. The lowest BCUT2D eigenvalue weighted by Crippen LogP contribution is -2.59. The Balaban J connectivity index is 1.61. The van der Waals surface area contributed by atoms with Crippen LogP contribution in [0.3, 0.4) is 0 Å². The Morgan fingerprint density at radius 1 is 0.946 bits per heavy atom. The second-order valence-corrected chi connectivity index (χ2v) is 8.45. The van der Waals surface area contributed by atoms with Crippen molar-refractivity contribution in [1.29, 1.82) is 0 Å². The normalized spacial score (nSPS) is 26.8. The number of hydrogen-bond acceptors (Lipinski definition) is 11. The largest absolute Gasteiger partial charge is 0.571 e. The van der Waals surface area contributed by atoms with Gasteiger partial charge in [-0.25, -0.2) is 0 Å². The molecular formula is C24H25O13+. The topological polar surface area (TPSA) is 216 Å². The number of carbonyl (C=O) groups is 2. The molecule has 2 aromatic rings. The standard InChI is InChI=1S/C24H24O13/c25-11-3-1-10(2-4-11)23-16(7-13-14(27)5-12(26)6-15(13)35-23)36-24-22(33)21(32)20(31)17(37-24)9-34-19(30)8-18(28)29/h1-7,17,20-27,31-33H,8-9H2,(H,28,29)/p+1/t17-,20-,21-,22-,23?,24-/m1/s1. The van der Waals surface area contributed by atoms with E-state index >= 15 is 0 Å². The van der Waals surface area contributed by atoms with Crippen LogP contribution in [-0.4, -0.2) is 89.7 Å². The van der Waals surface area contributed by atoms with Crippen LogP contribution in [0.2, 0.25) is 0 Å². The van der Waals surface area contributed by atoms with Gasteiger partial charge in [0, 0.05) is 12.1 Å². The second-order valence-electron chi connectivity index (χ2n) is 8.45. The number of benzene rings is 2. The minimum atomic E-state index is -1.78. The smallest absolute Gasteiger partial charge is 0.317 e. The van der Waals surface area contributed by atoms with Gasteiger partial charge in [-0.3, -0.25) is 9.59 Å². The Morgan fingerprint density at radius 3 is 2.32 bits per heavy atom. The average Bonchev–Trinajstić information content (AvgIpc) is 2.83. The number of phenolic OH excluding ortho intramolecular Hbond substituents is 3. The number of phenols is 3. The van der Waals surface area contributed by atoms with Crippen molar-refractivity contribution in [2.75, 3.05) is 6.61 Å². The van der Waals surface area contributed by atoms with E-state index in [-0.39, 0.29) is 34.3 Å². The number of ether oxygens (including phenoxy) is 4. The summed E-state index contributed by atoms with van der Waals surface area (Å²) in [6.45, 7) is -0.634. The third-order valence-corrected chi connectivity index (χ3v) is 5.78. The summed E-state index contributed by atoms with van der Waals surface area (Å²) in [5.74, 6) is -2.81. The average molecular weight is 521 g/mol. The third kappa shape index (κ3) is 5.70. The molecule has 0 amide bonds. The molecule has 6 atom stereocenters. The summed E-state index contributed by atoms with van der Waals surface area (Å²) in [5, 5.41) is 69.6. The van der Waals surface area contributed by atoms with Crippen molar-refractivity contribution in [3.05, 3.63) is 53.3 Å². The predicted molar refractivity (Wildman–Crippen MR) is 121 cm³/mol. The maximum Gasteiger partial charge on any atom is 0.317 e. The maximum absolute atomic E-state index is 11.6. The lowest BCUT2D eigenvalue weighted by molar-refractivity contribution is -0.296. The molecule has 4 rings (SSSR count). The highest BCUT2D eigenvalue weighted by atomic mass is 16.7. The van der Waals surface area contributed by atoms with Gasteiger partial charge >= 0.3 is 11.9 Å². The SMILES string of the molecule is O=C(O)CC(=O)OC[C@H]1O[C@@H](OC2=Cc3c(O)cc(O)cc3[OH+]C2c2ccc(O)cc2)[C@H](O)[C@H](O)[C@@H]1O. The second kappa shape index (κ2) is 10.5. The number of hydrogen-bond donors (Lipinski definition) is 7. The minimum absolute atomic E-state index is 0.00914. The molecule has 1 saturated heterocycles. The molecular weight excluding hydrogens is 496 g/mol. The van der Waals surface area contributed by atoms with Crippen LogP contribution < -0.4 is 0 Å². The van der Waals surface area contributed by atoms with E-state index in [1.807, 2.05) is 0 Å². The summed E-state index contributed by atoms with van der Waals surface area (Å²) in [6.07, 6.45) is -8.67. The molecule has 0 bridgehead atoms. The van der Waals surface area contributed by atoms with Crippen molar-refractivity contribution in [3.8, 4) is 23.0 Å². The van der Waals surface area contributed by atoms with E-state index in [0.717, 1.165) is 6.07 Å². The molecule has 2 heterocycles.